The van der Waals surface area contributed by atoms with Gasteiger partial charge < -0.3 is 4.90 Å². The van der Waals surface area contributed by atoms with Crippen molar-refractivity contribution in [3.05, 3.63) is 0 Å². The van der Waals surface area contributed by atoms with Gasteiger partial charge in [-0.05, 0) is 31.6 Å². The number of likely N-dealkylation sites (tertiary alicyclic amines) is 1. The fraction of sp³-hybridized carbons (Fsp3) is 0.941. The summed E-state index contributed by atoms with van der Waals surface area (Å²) in [6, 6.07) is 0. The van der Waals surface area contributed by atoms with Gasteiger partial charge in [0.1, 0.15) is 0 Å². The molecule has 0 aliphatic carbocycles. The van der Waals surface area contributed by atoms with Crippen LogP contribution in [0.15, 0.2) is 0 Å². The second kappa shape index (κ2) is 9.39. The molecule has 19 heavy (non-hydrogen) atoms. The molecule has 1 amide bonds. The van der Waals surface area contributed by atoms with Crippen molar-refractivity contribution in [2.24, 2.45) is 11.8 Å². The average molecular weight is 267 g/mol. The Kier molecular flexibility index (Phi) is 8.16. The van der Waals surface area contributed by atoms with Gasteiger partial charge in [-0.25, -0.2) is 0 Å². The predicted octanol–water partition coefficient (Wildman–Crippen LogP) is 4.63. The summed E-state index contributed by atoms with van der Waals surface area (Å²) in [6.45, 7) is 8.75. The lowest BCUT2D eigenvalue weighted by Crippen LogP contribution is -2.41. The second-order valence-corrected chi connectivity index (χ2v) is 6.34. The topological polar surface area (TPSA) is 20.3 Å². The lowest BCUT2D eigenvalue weighted by molar-refractivity contribution is -0.137. The number of hydrogen-bond donors (Lipinski definition) is 0. The smallest absolute Gasteiger partial charge is 0.225 e. The Bertz CT molecular complexity index is 244. The third-order valence-corrected chi connectivity index (χ3v) is 4.51. The van der Waals surface area contributed by atoms with Crippen LogP contribution in [-0.4, -0.2) is 23.9 Å². The van der Waals surface area contributed by atoms with E-state index < -0.39 is 0 Å². The van der Waals surface area contributed by atoms with Gasteiger partial charge in [-0.3, -0.25) is 4.79 Å². The highest BCUT2D eigenvalue weighted by Crippen LogP contribution is 2.23. The molecule has 1 saturated heterocycles. The maximum atomic E-state index is 12.6. The summed E-state index contributed by atoms with van der Waals surface area (Å²) in [4.78, 5) is 14.8. The Balaban J connectivity index is 2.44. The molecule has 0 spiro atoms. The monoisotopic (exact) mass is 267 g/mol. The van der Waals surface area contributed by atoms with Crippen LogP contribution < -0.4 is 0 Å². The van der Waals surface area contributed by atoms with Crippen molar-refractivity contribution >= 4 is 5.91 Å². The van der Waals surface area contributed by atoms with Crippen LogP contribution in [0.1, 0.15) is 78.6 Å². The van der Waals surface area contributed by atoms with Gasteiger partial charge in [-0.15, -0.1) is 0 Å². The number of unbranched alkanes of at least 4 members (excludes halogenated alkanes) is 3. The quantitative estimate of drug-likeness (QED) is 0.587. The Morgan fingerprint density at radius 2 is 1.63 bits per heavy atom. The van der Waals surface area contributed by atoms with E-state index >= 15 is 0 Å². The van der Waals surface area contributed by atoms with E-state index in [4.69, 9.17) is 0 Å². The summed E-state index contributed by atoms with van der Waals surface area (Å²) < 4.78 is 0. The third kappa shape index (κ3) is 5.97. The average Bonchev–Trinajstić information content (AvgIpc) is 2.43. The Labute approximate surface area is 119 Å². The van der Waals surface area contributed by atoms with Crippen LogP contribution in [0.4, 0.5) is 0 Å². The standard InChI is InChI=1S/C17H33NO/c1-4-6-8-10-16(9-7-5-2)17(19)18-13-11-15(3)12-14-18/h15-16H,4-14H2,1-3H3. The van der Waals surface area contributed by atoms with E-state index in [0.29, 0.717) is 11.8 Å². The minimum Gasteiger partial charge on any atom is -0.342 e. The first-order valence-corrected chi connectivity index (χ1v) is 8.47. The number of hydrogen-bond acceptors (Lipinski definition) is 1. The molecule has 0 aromatic heterocycles. The molecule has 1 fully saturated rings. The molecule has 2 nitrogen and oxygen atoms in total. The lowest BCUT2D eigenvalue weighted by Gasteiger charge is -2.33. The van der Waals surface area contributed by atoms with E-state index in [-0.39, 0.29) is 0 Å². The second-order valence-electron chi connectivity index (χ2n) is 6.34. The molecule has 0 radical (unpaired) electrons. The molecule has 1 heterocycles. The zero-order valence-corrected chi connectivity index (χ0v) is 13.3. The maximum absolute atomic E-state index is 12.6. The van der Waals surface area contributed by atoms with Gasteiger partial charge in [-0.1, -0.05) is 52.9 Å². The lowest BCUT2D eigenvalue weighted by atomic mass is 9.92. The molecular formula is C17H33NO. The van der Waals surface area contributed by atoms with Crippen LogP contribution >= 0.6 is 0 Å². The van der Waals surface area contributed by atoms with E-state index in [1.165, 1.54) is 44.9 Å². The van der Waals surface area contributed by atoms with Crippen molar-refractivity contribution < 1.29 is 4.79 Å². The van der Waals surface area contributed by atoms with Crippen LogP contribution in [0.25, 0.3) is 0 Å². The molecule has 0 aromatic carbocycles. The molecule has 1 aliphatic rings. The van der Waals surface area contributed by atoms with E-state index in [0.717, 1.165) is 31.8 Å². The number of nitrogens with zero attached hydrogens (tertiary/aromatic N) is 1. The molecular weight excluding hydrogens is 234 g/mol. The van der Waals surface area contributed by atoms with Crippen molar-refractivity contribution in [3.8, 4) is 0 Å². The molecule has 1 atom stereocenters. The van der Waals surface area contributed by atoms with Gasteiger partial charge in [0.2, 0.25) is 5.91 Å². The van der Waals surface area contributed by atoms with Gasteiger partial charge >= 0.3 is 0 Å². The number of amides is 1. The molecule has 0 bridgehead atoms. The van der Waals surface area contributed by atoms with E-state index in [1.807, 2.05) is 0 Å². The highest BCUT2D eigenvalue weighted by molar-refractivity contribution is 5.78. The van der Waals surface area contributed by atoms with Crippen LogP contribution in [0.5, 0.6) is 0 Å². The fourth-order valence-electron chi connectivity index (χ4n) is 2.97. The Morgan fingerprint density at radius 1 is 1.05 bits per heavy atom. The summed E-state index contributed by atoms with van der Waals surface area (Å²) in [5.74, 6) is 1.56. The highest BCUT2D eigenvalue weighted by Gasteiger charge is 2.26. The van der Waals surface area contributed by atoms with Gasteiger partial charge in [0, 0.05) is 19.0 Å². The van der Waals surface area contributed by atoms with Crippen molar-refractivity contribution in [2.45, 2.75) is 78.6 Å². The van der Waals surface area contributed by atoms with E-state index in [1.54, 1.807) is 0 Å². The van der Waals surface area contributed by atoms with E-state index in [2.05, 4.69) is 25.7 Å². The summed E-state index contributed by atoms with van der Waals surface area (Å²) in [5, 5.41) is 0. The summed E-state index contributed by atoms with van der Waals surface area (Å²) in [6.07, 6.45) is 10.7. The Morgan fingerprint density at radius 3 is 2.21 bits per heavy atom. The fourth-order valence-corrected chi connectivity index (χ4v) is 2.97. The van der Waals surface area contributed by atoms with Crippen molar-refractivity contribution in [2.75, 3.05) is 13.1 Å². The summed E-state index contributed by atoms with van der Waals surface area (Å²) in [7, 11) is 0. The van der Waals surface area contributed by atoms with Crippen LogP contribution in [0.2, 0.25) is 0 Å². The van der Waals surface area contributed by atoms with Crippen molar-refractivity contribution in [3.63, 3.8) is 0 Å². The summed E-state index contributed by atoms with van der Waals surface area (Å²) >= 11 is 0. The molecule has 1 aliphatic heterocycles. The molecule has 112 valence electrons. The number of carbonyl (C=O) groups excluding carboxylic acids is 1. The number of rotatable bonds is 8. The third-order valence-electron chi connectivity index (χ3n) is 4.51. The van der Waals surface area contributed by atoms with Crippen molar-refractivity contribution in [1.82, 2.24) is 4.90 Å². The molecule has 1 rings (SSSR count). The molecule has 0 saturated carbocycles. The first kappa shape index (κ1) is 16.5. The van der Waals surface area contributed by atoms with Gasteiger partial charge in [-0.2, -0.15) is 0 Å². The molecule has 0 N–H and O–H groups in total. The normalized spacial score (nSPS) is 18.6. The van der Waals surface area contributed by atoms with Gasteiger partial charge in [0.15, 0.2) is 0 Å². The minimum absolute atomic E-state index is 0.305. The largest absolute Gasteiger partial charge is 0.342 e. The molecule has 2 heteroatoms. The Hall–Kier alpha value is -0.530. The van der Waals surface area contributed by atoms with Gasteiger partial charge in [0.25, 0.3) is 0 Å². The maximum Gasteiger partial charge on any atom is 0.225 e. The number of piperidine rings is 1. The first-order valence-electron chi connectivity index (χ1n) is 8.47. The SMILES string of the molecule is CCCCCC(CCCC)C(=O)N1CCC(C)CC1. The van der Waals surface area contributed by atoms with E-state index in [9.17, 15) is 4.79 Å². The van der Waals surface area contributed by atoms with Crippen LogP contribution in [-0.2, 0) is 4.79 Å². The van der Waals surface area contributed by atoms with Crippen LogP contribution in [0, 0.1) is 11.8 Å². The zero-order valence-electron chi connectivity index (χ0n) is 13.3. The number of carbonyl (C=O) groups is 1. The zero-order chi connectivity index (χ0) is 14.1. The predicted molar refractivity (Wildman–Crippen MR) is 82.1 cm³/mol. The minimum atomic E-state index is 0.305. The highest BCUT2D eigenvalue weighted by atomic mass is 16.2. The van der Waals surface area contributed by atoms with Crippen molar-refractivity contribution in [1.29, 1.82) is 0 Å². The first-order chi connectivity index (χ1) is 9.19. The molecule has 1 unspecified atom stereocenters. The van der Waals surface area contributed by atoms with Gasteiger partial charge in [0.05, 0.1) is 0 Å². The molecule has 0 aromatic rings. The summed E-state index contributed by atoms with van der Waals surface area (Å²) in [5.41, 5.74) is 0. The van der Waals surface area contributed by atoms with Crippen LogP contribution in [0.3, 0.4) is 0 Å².